The third-order valence-electron chi connectivity index (χ3n) is 2.85. The second-order valence-corrected chi connectivity index (χ2v) is 6.70. The van der Waals surface area contributed by atoms with Crippen molar-refractivity contribution < 1.29 is 4.79 Å². The molecule has 0 fully saturated rings. The van der Waals surface area contributed by atoms with Crippen molar-refractivity contribution in [2.75, 3.05) is 11.1 Å². The van der Waals surface area contributed by atoms with Crippen molar-refractivity contribution in [3.63, 3.8) is 0 Å². The predicted octanol–water partition coefficient (Wildman–Crippen LogP) is 4.55. The van der Waals surface area contributed by atoms with Crippen LogP contribution in [0.3, 0.4) is 0 Å². The van der Waals surface area contributed by atoms with Gasteiger partial charge in [-0.05, 0) is 36.4 Å². The molecule has 1 amide bonds. The minimum Gasteiger partial charge on any atom is -0.375 e. The molecule has 0 saturated heterocycles. The fraction of sp³-hybridized carbons (Fsp3) is 0. The number of carbonyl (C=O) groups is 1. The Labute approximate surface area is 138 Å². The van der Waals surface area contributed by atoms with Crippen molar-refractivity contribution in [2.45, 2.75) is 0 Å². The minimum atomic E-state index is -0.229. The first kappa shape index (κ1) is 14.3. The number of thiazole rings is 1. The van der Waals surface area contributed by atoms with E-state index >= 15 is 0 Å². The molecule has 3 rings (SSSR count). The van der Waals surface area contributed by atoms with Crippen LogP contribution in [0.15, 0.2) is 40.9 Å². The van der Waals surface area contributed by atoms with Crippen LogP contribution in [-0.4, -0.2) is 10.9 Å². The number of aromatic nitrogens is 1. The van der Waals surface area contributed by atoms with Crippen LogP contribution < -0.4 is 11.1 Å². The largest absolute Gasteiger partial charge is 0.375 e. The number of carbonyl (C=O) groups excluding carboxylic acids is 1. The van der Waals surface area contributed by atoms with Crippen LogP contribution >= 0.6 is 38.9 Å². The molecule has 7 heteroatoms. The van der Waals surface area contributed by atoms with Gasteiger partial charge in [0.15, 0.2) is 5.13 Å². The van der Waals surface area contributed by atoms with Gasteiger partial charge in [0.2, 0.25) is 0 Å². The van der Waals surface area contributed by atoms with Crippen molar-refractivity contribution in [3.8, 4) is 0 Å². The van der Waals surface area contributed by atoms with Crippen LogP contribution in [0.4, 0.5) is 10.8 Å². The number of nitrogens with two attached hydrogens (primary N) is 1. The molecule has 0 saturated carbocycles. The molecule has 1 aromatic heterocycles. The van der Waals surface area contributed by atoms with E-state index in [-0.39, 0.29) is 5.91 Å². The first-order chi connectivity index (χ1) is 10.0. The fourth-order valence-electron chi connectivity index (χ4n) is 1.87. The summed E-state index contributed by atoms with van der Waals surface area (Å²) in [6.45, 7) is 0. The van der Waals surface area contributed by atoms with Gasteiger partial charge in [-0.1, -0.05) is 38.9 Å². The molecule has 2 aromatic carbocycles. The zero-order valence-corrected chi connectivity index (χ0v) is 13.7. The maximum atomic E-state index is 12.3. The zero-order chi connectivity index (χ0) is 15.0. The van der Waals surface area contributed by atoms with Gasteiger partial charge in [-0.15, -0.1) is 0 Å². The molecule has 0 spiro atoms. The Morgan fingerprint density at radius 2 is 2.10 bits per heavy atom. The standard InChI is InChI=1S/C14H9BrClN3OS/c15-8-2-4-10(9(16)6-8)18-13(20)7-1-3-11-12(5-7)21-14(17)19-11/h1-6H,(H2,17,19)(H,18,20). The Morgan fingerprint density at radius 3 is 2.86 bits per heavy atom. The minimum absolute atomic E-state index is 0.229. The monoisotopic (exact) mass is 381 g/mol. The van der Waals surface area contributed by atoms with Gasteiger partial charge in [-0.2, -0.15) is 0 Å². The third kappa shape index (κ3) is 3.02. The highest BCUT2D eigenvalue weighted by Gasteiger charge is 2.11. The Kier molecular flexibility index (Phi) is 3.84. The van der Waals surface area contributed by atoms with Crippen LogP contribution in [0.25, 0.3) is 10.2 Å². The topological polar surface area (TPSA) is 68.0 Å². The Morgan fingerprint density at radius 1 is 1.29 bits per heavy atom. The van der Waals surface area contributed by atoms with E-state index in [1.165, 1.54) is 11.3 Å². The van der Waals surface area contributed by atoms with E-state index < -0.39 is 0 Å². The maximum absolute atomic E-state index is 12.3. The van der Waals surface area contributed by atoms with Gasteiger partial charge in [0.05, 0.1) is 20.9 Å². The van der Waals surface area contributed by atoms with E-state index in [4.69, 9.17) is 17.3 Å². The molecule has 3 N–H and O–H groups in total. The summed E-state index contributed by atoms with van der Waals surface area (Å²) in [5.41, 5.74) is 7.54. The van der Waals surface area contributed by atoms with E-state index in [1.54, 1.807) is 30.3 Å². The molecule has 0 aliphatic rings. The molecule has 106 valence electrons. The summed E-state index contributed by atoms with van der Waals surface area (Å²) in [5, 5.41) is 3.74. The summed E-state index contributed by atoms with van der Waals surface area (Å²) in [7, 11) is 0. The van der Waals surface area contributed by atoms with E-state index in [2.05, 4.69) is 26.2 Å². The van der Waals surface area contributed by atoms with Crippen molar-refractivity contribution in [3.05, 3.63) is 51.5 Å². The Bertz CT molecular complexity index is 849. The van der Waals surface area contributed by atoms with Gasteiger partial charge in [-0.3, -0.25) is 4.79 Å². The van der Waals surface area contributed by atoms with Gasteiger partial charge in [0.1, 0.15) is 0 Å². The summed E-state index contributed by atoms with van der Waals surface area (Å²) in [6, 6.07) is 10.5. The summed E-state index contributed by atoms with van der Waals surface area (Å²) < 4.78 is 1.73. The Balaban J connectivity index is 1.89. The lowest BCUT2D eigenvalue weighted by atomic mass is 10.2. The van der Waals surface area contributed by atoms with E-state index in [1.807, 2.05) is 6.07 Å². The van der Waals surface area contributed by atoms with Crippen LogP contribution in [-0.2, 0) is 0 Å². The molecule has 0 aliphatic carbocycles. The molecule has 0 unspecified atom stereocenters. The number of rotatable bonds is 2. The zero-order valence-electron chi connectivity index (χ0n) is 10.6. The fourth-order valence-corrected chi connectivity index (χ4v) is 3.36. The molecular formula is C14H9BrClN3OS. The Hall–Kier alpha value is -1.63. The number of fused-ring (bicyclic) bond motifs is 1. The van der Waals surface area contributed by atoms with E-state index in [9.17, 15) is 4.79 Å². The molecule has 0 atom stereocenters. The summed E-state index contributed by atoms with van der Waals surface area (Å²) >= 11 is 10.8. The van der Waals surface area contributed by atoms with Crippen molar-refractivity contribution >= 4 is 65.8 Å². The lowest BCUT2D eigenvalue weighted by Crippen LogP contribution is -2.11. The second-order valence-electron chi connectivity index (χ2n) is 4.31. The van der Waals surface area contributed by atoms with Gasteiger partial charge < -0.3 is 11.1 Å². The van der Waals surface area contributed by atoms with Gasteiger partial charge in [0.25, 0.3) is 5.91 Å². The average molecular weight is 383 g/mol. The first-order valence-electron chi connectivity index (χ1n) is 5.95. The highest BCUT2D eigenvalue weighted by Crippen LogP contribution is 2.27. The number of hydrogen-bond donors (Lipinski definition) is 2. The molecule has 3 aromatic rings. The number of nitrogens with zero attached hydrogens (tertiary/aromatic N) is 1. The molecule has 4 nitrogen and oxygen atoms in total. The molecular weight excluding hydrogens is 374 g/mol. The maximum Gasteiger partial charge on any atom is 0.255 e. The van der Waals surface area contributed by atoms with Crippen LogP contribution in [0, 0.1) is 0 Å². The predicted molar refractivity (Wildman–Crippen MR) is 91.1 cm³/mol. The third-order valence-corrected chi connectivity index (χ3v) is 4.50. The lowest BCUT2D eigenvalue weighted by Gasteiger charge is -2.07. The van der Waals surface area contributed by atoms with Crippen LogP contribution in [0.5, 0.6) is 0 Å². The first-order valence-corrected chi connectivity index (χ1v) is 7.94. The smallest absolute Gasteiger partial charge is 0.255 e. The number of nitrogens with one attached hydrogen (secondary N) is 1. The van der Waals surface area contributed by atoms with Gasteiger partial charge in [-0.25, -0.2) is 4.98 Å². The van der Waals surface area contributed by atoms with Crippen molar-refractivity contribution in [1.29, 1.82) is 0 Å². The summed E-state index contributed by atoms with van der Waals surface area (Å²) in [6.07, 6.45) is 0. The number of amides is 1. The normalized spacial score (nSPS) is 10.8. The molecule has 0 radical (unpaired) electrons. The number of nitrogen functional groups attached to an aromatic ring is 1. The van der Waals surface area contributed by atoms with Crippen LogP contribution in [0.2, 0.25) is 5.02 Å². The van der Waals surface area contributed by atoms with E-state index in [0.717, 1.165) is 14.7 Å². The van der Waals surface area contributed by atoms with Crippen molar-refractivity contribution in [2.24, 2.45) is 0 Å². The molecule has 0 bridgehead atoms. The number of benzene rings is 2. The van der Waals surface area contributed by atoms with Gasteiger partial charge in [0, 0.05) is 10.0 Å². The SMILES string of the molecule is Nc1nc2ccc(C(=O)Nc3ccc(Br)cc3Cl)cc2s1. The quantitative estimate of drug-likeness (QED) is 0.683. The van der Waals surface area contributed by atoms with E-state index in [0.29, 0.717) is 21.4 Å². The molecule has 1 heterocycles. The highest BCUT2D eigenvalue weighted by molar-refractivity contribution is 9.10. The number of hydrogen-bond acceptors (Lipinski definition) is 4. The average Bonchev–Trinajstić information content (AvgIpc) is 2.80. The molecule has 21 heavy (non-hydrogen) atoms. The lowest BCUT2D eigenvalue weighted by molar-refractivity contribution is 0.102. The summed E-state index contributed by atoms with van der Waals surface area (Å²) in [4.78, 5) is 16.4. The van der Waals surface area contributed by atoms with Gasteiger partial charge >= 0.3 is 0 Å². The highest BCUT2D eigenvalue weighted by atomic mass is 79.9. The molecule has 0 aliphatic heterocycles. The second kappa shape index (κ2) is 5.63. The number of halogens is 2. The number of anilines is 2. The van der Waals surface area contributed by atoms with Crippen LogP contribution in [0.1, 0.15) is 10.4 Å². The summed E-state index contributed by atoms with van der Waals surface area (Å²) in [5.74, 6) is -0.229. The van der Waals surface area contributed by atoms with Crippen molar-refractivity contribution in [1.82, 2.24) is 4.98 Å².